The molecule has 2 aliphatic rings. The molecular weight excluding hydrogens is 819 g/mol. The maximum Gasteiger partial charge on any atom is 0.313 e. The van der Waals surface area contributed by atoms with Crippen molar-refractivity contribution in [2.45, 2.75) is 69.0 Å². The largest absolute Gasteiger partial charge is 0.490 e. The Labute approximate surface area is 380 Å². The van der Waals surface area contributed by atoms with Crippen LogP contribution in [0.2, 0.25) is 0 Å². The molecular formula is C53H59N5O7. The Morgan fingerprint density at radius 1 is 0.631 bits per heavy atom. The van der Waals surface area contributed by atoms with Gasteiger partial charge < -0.3 is 40.2 Å². The van der Waals surface area contributed by atoms with Crippen molar-refractivity contribution in [2.24, 2.45) is 16.6 Å². The third-order valence-electron chi connectivity index (χ3n) is 12.3. The second kappa shape index (κ2) is 21.6. The number of fused-ring (bicyclic) bond motifs is 2. The lowest BCUT2D eigenvalue weighted by Crippen LogP contribution is -2.21. The number of oxime groups is 1. The Kier molecular flexibility index (Phi) is 15.3. The van der Waals surface area contributed by atoms with Crippen LogP contribution in [0.25, 0.3) is 21.5 Å². The maximum absolute atomic E-state index is 12.7. The Morgan fingerprint density at radius 2 is 1.11 bits per heavy atom. The van der Waals surface area contributed by atoms with Crippen molar-refractivity contribution in [1.29, 1.82) is 5.41 Å². The van der Waals surface area contributed by atoms with E-state index in [2.05, 4.69) is 29.2 Å². The normalized spacial score (nSPS) is 16.3. The molecule has 0 radical (unpaired) electrons. The Hall–Kier alpha value is -6.92. The van der Waals surface area contributed by atoms with Gasteiger partial charge in [-0.3, -0.25) is 15.0 Å². The van der Waals surface area contributed by atoms with Gasteiger partial charge in [0, 0.05) is 24.2 Å². The summed E-state index contributed by atoms with van der Waals surface area (Å²) < 4.78 is 22.4. The van der Waals surface area contributed by atoms with E-state index >= 15 is 0 Å². The minimum absolute atomic E-state index is 0.0413. The van der Waals surface area contributed by atoms with Crippen molar-refractivity contribution < 1.29 is 33.4 Å². The van der Waals surface area contributed by atoms with Gasteiger partial charge in [0.1, 0.15) is 30.5 Å². The molecule has 3 atom stereocenters. The van der Waals surface area contributed by atoms with Gasteiger partial charge in [0.05, 0.1) is 32.2 Å². The second-order valence-electron chi connectivity index (χ2n) is 16.9. The van der Waals surface area contributed by atoms with Crippen LogP contribution in [-0.4, -0.2) is 82.2 Å². The van der Waals surface area contributed by atoms with Crippen molar-refractivity contribution >= 4 is 45.2 Å². The van der Waals surface area contributed by atoms with E-state index in [-0.39, 0.29) is 23.9 Å². The van der Waals surface area contributed by atoms with E-state index < -0.39 is 11.8 Å². The number of nitrogens with two attached hydrogens (primary N) is 2. The van der Waals surface area contributed by atoms with E-state index in [1.165, 1.54) is 34.2 Å². The number of esters is 2. The molecule has 1 aliphatic carbocycles. The van der Waals surface area contributed by atoms with Crippen molar-refractivity contribution in [3.63, 3.8) is 0 Å². The molecule has 65 heavy (non-hydrogen) atoms. The Bertz CT molecular complexity index is 2630. The van der Waals surface area contributed by atoms with Crippen LogP contribution in [0, 0.1) is 5.41 Å². The van der Waals surface area contributed by atoms with E-state index in [1.54, 1.807) is 0 Å². The van der Waals surface area contributed by atoms with Crippen LogP contribution >= 0.6 is 0 Å². The predicted octanol–water partition coefficient (Wildman–Crippen LogP) is 8.63. The Balaban J connectivity index is 0.000000195. The third-order valence-corrected chi connectivity index (χ3v) is 12.3. The van der Waals surface area contributed by atoms with Gasteiger partial charge in [0.2, 0.25) is 0 Å². The number of carbonyl (C=O) groups is 2. The highest BCUT2D eigenvalue weighted by Gasteiger charge is 2.25. The van der Waals surface area contributed by atoms with Gasteiger partial charge in [0.25, 0.3) is 0 Å². The van der Waals surface area contributed by atoms with Crippen LogP contribution in [0.3, 0.4) is 0 Å². The van der Waals surface area contributed by atoms with Crippen LogP contribution in [0.4, 0.5) is 0 Å². The molecule has 5 N–H and O–H groups in total. The maximum atomic E-state index is 12.7. The highest BCUT2D eigenvalue weighted by atomic mass is 16.6. The number of nitrogen functional groups attached to an aromatic ring is 1. The van der Waals surface area contributed by atoms with Crippen LogP contribution in [-0.2, 0) is 36.7 Å². The molecule has 1 aliphatic heterocycles. The van der Waals surface area contributed by atoms with Crippen LogP contribution in [0.15, 0.2) is 126 Å². The smallest absolute Gasteiger partial charge is 0.313 e. The van der Waals surface area contributed by atoms with Gasteiger partial charge in [-0.15, -0.1) is 0 Å². The van der Waals surface area contributed by atoms with Gasteiger partial charge in [0.15, 0.2) is 5.84 Å². The van der Waals surface area contributed by atoms with Gasteiger partial charge in [-0.25, -0.2) is 0 Å². The molecule has 6 aromatic carbocycles. The zero-order valence-electron chi connectivity index (χ0n) is 37.6. The monoisotopic (exact) mass is 877 g/mol. The van der Waals surface area contributed by atoms with Gasteiger partial charge in [-0.2, -0.15) is 0 Å². The zero-order chi connectivity index (χ0) is 45.9. The number of nitrogens with one attached hydrogen (secondary N) is 1. The van der Waals surface area contributed by atoms with E-state index in [0.29, 0.717) is 30.3 Å². The number of nitrogens with zero attached hydrogens (tertiary/aromatic N) is 2. The number of ether oxygens (including phenoxy) is 4. The first-order chi connectivity index (χ1) is 31.5. The number of amidine groups is 2. The number of hydrogen-bond acceptors (Lipinski definition) is 10. The molecule has 1 heterocycles. The predicted molar refractivity (Wildman–Crippen MR) is 256 cm³/mol. The van der Waals surface area contributed by atoms with E-state index in [9.17, 15) is 9.59 Å². The van der Waals surface area contributed by atoms with Crippen molar-refractivity contribution in [3.8, 4) is 11.5 Å². The second-order valence-corrected chi connectivity index (χ2v) is 16.9. The molecule has 0 amide bonds. The minimum atomic E-state index is -0.419. The lowest BCUT2D eigenvalue weighted by molar-refractivity contribution is -0.143. The lowest BCUT2D eigenvalue weighted by Gasteiger charge is -2.18. The number of likely N-dealkylation sites (N-methyl/N-ethyl adjacent to an activating group) is 1. The van der Waals surface area contributed by atoms with Crippen molar-refractivity contribution in [3.05, 3.63) is 155 Å². The average molecular weight is 878 g/mol. The minimum Gasteiger partial charge on any atom is -0.490 e. The number of likely N-dealkylation sites (tertiary alicyclic amines) is 1. The van der Waals surface area contributed by atoms with E-state index in [4.69, 9.17) is 40.7 Å². The number of rotatable bonds is 15. The summed E-state index contributed by atoms with van der Waals surface area (Å²) in [4.78, 5) is 32.3. The molecule has 8 rings (SSSR count). The molecule has 12 nitrogen and oxygen atoms in total. The fourth-order valence-corrected chi connectivity index (χ4v) is 8.69. The summed E-state index contributed by atoms with van der Waals surface area (Å²) in [5.41, 5.74) is 16.9. The number of benzene rings is 6. The summed E-state index contributed by atoms with van der Waals surface area (Å²) in [5, 5.41) is 15.6. The quantitative estimate of drug-likeness (QED) is 0.0393. The fourth-order valence-electron chi connectivity index (χ4n) is 8.69. The molecule has 0 bridgehead atoms. The fraction of sp³-hybridized carbons (Fsp3) is 0.321. The number of methoxy groups -OCH3 is 2. The highest BCUT2D eigenvalue weighted by Crippen LogP contribution is 2.31. The first-order valence-corrected chi connectivity index (χ1v) is 22.1. The van der Waals surface area contributed by atoms with Gasteiger partial charge >= 0.3 is 11.9 Å². The highest BCUT2D eigenvalue weighted by molar-refractivity contribution is 6.01. The van der Waals surface area contributed by atoms with E-state index in [0.717, 1.165) is 93.2 Å². The number of hydrogen-bond donors (Lipinski definition) is 3. The summed E-state index contributed by atoms with van der Waals surface area (Å²) >= 11 is 0. The molecule has 1 saturated carbocycles. The lowest BCUT2D eigenvalue weighted by atomic mass is 9.91. The van der Waals surface area contributed by atoms with E-state index in [1.807, 2.05) is 109 Å². The molecule has 2 fully saturated rings. The molecule has 338 valence electrons. The van der Waals surface area contributed by atoms with Gasteiger partial charge in [-0.1, -0.05) is 90.1 Å². The standard InChI is InChI=1S/C27H31N3O4.C26H28N2O3/c1-30-13-12-24(17-30)34-23-10-8-20(9-11-23)25(27(31)32-2)15-18-4-5-19-6-7-21(16-22(19)14-18)26(28)29-33-3;1-30-26(29)24(19-10-12-23(13-11-19)31-22-4-2-3-5-22)15-17-6-7-18-8-9-20(25(27)28)16-21(18)14-17/h4-11,14,16,24-25H,12-13,15,17H2,1-3H3,(H2,28,29);6-14,16,22,24H,2-5,15H2,1H3,(H3,27,28). The van der Waals surface area contributed by atoms with Crippen molar-refractivity contribution in [2.75, 3.05) is 41.5 Å². The first kappa shape index (κ1) is 46.1. The topological polar surface area (TPSA) is 172 Å². The molecule has 12 heteroatoms. The summed E-state index contributed by atoms with van der Waals surface area (Å²) in [6, 6.07) is 39.4. The SMILES string of the molecule is CO/N=C(/N)c1ccc2ccc(CC(C(=O)OC)c3ccc(OC4CCN(C)C4)cc3)cc2c1.COC(=O)C(Cc1ccc2ccc(C(=N)N)cc2c1)c1ccc(OC2CCCC2)cc1. The zero-order valence-corrected chi connectivity index (χ0v) is 37.6. The molecule has 1 saturated heterocycles. The Morgan fingerprint density at radius 3 is 1.57 bits per heavy atom. The summed E-state index contributed by atoms with van der Waals surface area (Å²) in [6.45, 7) is 1.98. The van der Waals surface area contributed by atoms with Gasteiger partial charge in [-0.05, 0) is 132 Å². The first-order valence-electron chi connectivity index (χ1n) is 22.1. The summed E-state index contributed by atoms with van der Waals surface area (Å²) in [6.07, 6.45) is 7.25. The van der Waals surface area contributed by atoms with Crippen molar-refractivity contribution in [1.82, 2.24) is 4.90 Å². The molecule has 0 spiro atoms. The number of carbonyl (C=O) groups excluding carboxylic acids is 2. The molecule has 6 aromatic rings. The summed E-state index contributed by atoms with van der Waals surface area (Å²) in [5.74, 6) is 0.672. The van der Waals surface area contributed by atoms with Crippen LogP contribution < -0.4 is 20.9 Å². The average Bonchev–Trinajstić information content (AvgIpc) is 4.00. The van der Waals surface area contributed by atoms with Crippen LogP contribution in [0.1, 0.15) is 77.3 Å². The van der Waals surface area contributed by atoms with Crippen LogP contribution in [0.5, 0.6) is 11.5 Å². The third kappa shape index (κ3) is 12.0. The molecule has 3 unspecified atom stereocenters. The summed E-state index contributed by atoms with van der Waals surface area (Å²) in [7, 11) is 6.41. The molecule has 0 aromatic heterocycles.